The Balaban J connectivity index is 2.00. The number of hydrogen-bond donors (Lipinski definition) is 1. The highest BCUT2D eigenvalue weighted by Gasteiger charge is 2.08. The minimum Gasteiger partial charge on any atom is -0.349 e. The molecule has 122 valence electrons. The largest absolute Gasteiger partial charge is 0.349 e. The van der Waals surface area contributed by atoms with Crippen molar-refractivity contribution in [3.05, 3.63) is 65.5 Å². The maximum Gasteiger partial charge on any atom is 0.262 e. The zero-order valence-electron chi connectivity index (χ0n) is 13.7. The van der Waals surface area contributed by atoms with Crippen LogP contribution in [-0.2, 0) is 11.3 Å². The molecule has 1 N–H and O–H groups in total. The average Bonchev–Trinajstić information content (AvgIpc) is 2.99. The van der Waals surface area contributed by atoms with Crippen LogP contribution in [0.25, 0.3) is 6.08 Å². The van der Waals surface area contributed by atoms with Gasteiger partial charge in [-0.05, 0) is 31.6 Å². The standard InChI is InChI=1S/C18H19N5O/c1-14(2)20-18(24)16(11-19)9-6-10-17-13-23(22-21-17)12-15-7-4-3-5-8-15/h3-10,13-14H,12H2,1-2H3,(H,20,24)/b10-6+,16-9+. The SMILES string of the molecule is CC(C)NC(=O)/C(C#N)=C/C=C/c1cn(Cc2ccccc2)nn1. The molecule has 0 saturated carbocycles. The number of carbonyl (C=O) groups is 1. The van der Waals surface area contributed by atoms with Gasteiger partial charge >= 0.3 is 0 Å². The van der Waals surface area contributed by atoms with Gasteiger partial charge in [-0.1, -0.05) is 41.6 Å². The maximum absolute atomic E-state index is 11.8. The van der Waals surface area contributed by atoms with Gasteiger partial charge in [0.05, 0.1) is 12.7 Å². The Labute approximate surface area is 141 Å². The van der Waals surface area contributed by atoms with Crippen molar-refractivity contribution in [2.75, 3.05) is 0 Å². The summed E-state index contributed by atoms with van der Waals surface area (Å²) < 4.78 is 1.73. The second-order valence-corrected chi connectivity index (χ2v) is 5.51. The van der Waals surface area contributed by atoms with E-state index in [1.165, 1.54) is 6.08 Å². The van der Waals surface area contributed by atoms with E-state index in [1.54, 1.807) is 23.0 Å². The Morgan fingerprint density at radius 1 is 1.38 bits per heavy atom. The first-order valence-corrected chi connectivity index (χ1v) is 7.62. The van der Waals surface area contributed by atoms with Gasteiger partial charge in [-0.3, -0.25) is 4.79 Å². The highest BCUT2D eigenvalue weighted by molar-refractivity contribution is 5.97. The number of amides is 1. The van der Waals surface area contributed by atoms with Crippen LogP contribution in [0.5, 0.6) is 0 Å². The first kappa shape index (κ1) is 17.2. The molecule has 0 spiro atoms. The quantitative estimate of drug-likeness (QED) is 0.503. The number of nitrogens with one attached hydrogen (secondary N) is 1. The summed E-state index contributed by atoms with van der Waals surface area (Å²) in [6.45, 7) is 4.32. The van der Waals surface area contributed by atoms with Gasteiger partial charge in [0.2, 0.25) is 0 Å². The molecule has 1 aromatic carbocycles. The molecule has 0 radical (unpaired) electrons. The number of nitriles is 1. The van der Waals surface area contributed by atoms with Crippen molar-refractivity contribution >= 4 is 12.0 Å². The maximum atomic E-state index is 11.8. The summed E-state index contributed by atoms with van der Waals surface area (Å²) in [5, 5.41) is 19.8. The Bertz CT molecular complexity index is 781. The molecule has 0 saturated heterocycles. The van der Waals surface area contributed by atoms with Gasteiger partial charge in [0.15, 0.2) is 0 Å². The topological polar surface area (TPSA) is 83.6 Å². The molecule has 0 bridgehead atoms. The molecule has 0 unspecified atom stereocenters. The minimum atomic E-state index is -0.384. The van der Waals surface area contributed by atoms with E-state index in [2.05, 4.69) is 15.6 Å². The van der Waals surface area contributed by atoms with Gasteiger partial charge in [-0.2, -0.15) is 5.26 Å². The van der Waals surface area contributed by atoms with Gasteiger partial charge in [0.25, 0.3) is 5.91 Å². The molecule has 0 fully saturated rings. The summed E-state index contributed by atoms with van der Waals surface area (Å²) in [6.07, 6.45) is 6.59. The normalized spacial score (nSPS) is 11.7. The lowest BCUT2D eigenvalue weighted by atomic mass is 10.2. The third-order valence-electron chi connectivity index (χ3n) is 3.06. The van der Waals surface area contributed by atoms with E-state index in [-0.39, 0.29) is 17.5 Å². The van der Waals surface area contributed by atoms with Crippen molar-refractivity contribution in [1.82, 2.24) is 20.3 Å². The zero-order valence-corrected chi connectivity index (χ0v) is 13.7. The van der Waals surface area contributed by atoms with E-state index in [0.29, 0.717) is 12.2 Å². The molecular formula is C18H19N5O. The van der Waals surface area contributed by atoms with E-state index in [4.69, 9.17) is 5.26 Å². The van der Waals surface area contributed by atoms with E-state index in [9.17, 15) is 4.79 Å². The lowest BCUT2D eigenvalue weighted by molar-refractivity contribution is -0.117. The fourth-order valence-electron chi connectivity index (χ4n) is 1.98. The van der Waals surface area contributed by atoms with Crippen LogP contribution in [0.1, 0.15) is 25.1 Å². The molecule has 0 aliphatic carbocycles. The third kappa shape index (κ3) is 5.21. The lowest BCUT2D eigenvalue weighted by Crippen LogP contribution is -2.30. The fourth-order valence-corrected chi connectivity index (χ4v) is 1.98. The van der Waals surface area contributed by atoms with Gasteiger partial charge in [0.1, 0.15) is 17.3 Å². The van der Waals surface area contributed by atoms with Gasteiger partial charge in [-0.25, -0.2) is 4.68 Å². The molecule has 6 heteroatoms. The molecule has 6 nitrogen and oxygen atoms in total. The third-order valence-corrected chi connectivity index (χ3v) is 3.06. The zero-order chi connectivity index (χ0) is 17.4. The van der Waals surface area contributed by atoms with Crippen LogP contribution in [0, 0.1) is 11.3 Å². The monoisotopic (exact) mass is 321 g/mol. The van der Waals surface area contributed by atoms with E-state index >= 15 is 0 Å². The van der Waals surface area contributed by atoms with Crippen molar-refractivity contribution in [3.8, 4) is 6.07 Å². The summed E-state index contributed by atoms with van der Waals surface area (Å²) >= 11 is 0. The number of carbonyl (C=O) groups excluding carboxylic acids is 1. The molecule has 1 heterocycles. The second kappa shape index (κ2) is 8.44. The summed E-state index contributed by atoms with van der Waals surface area (Å²) in [5.74, 6) is -0.384. The van der Waals surface area contributed by atoms with E-state index in [0.717, 1.165) is 5.56 Å². The average molecular weight is 321 g/mol. The Morgan fingerprint density at radius 2 is 2.12 bits per heavy atom. The number of hydrogen-bond acceptors (Lipinski definition) is 4. The molecule has 1 aromatic heterocycles. The Kier molecular flexibility index (Phi) is 6.03. The second-order valence-electron chi connectivity index (χ2n) is 5.51. The number of benzene rings is 1. The summed E-state index contributed by atoms with van der Waals surface area (Å²) in [7, 11) is 0. The van der Waals surface area contributed by atoms with Gasteiger partial charge in [-0.15, -0.1) is 5.10 Å². The summed E-state index contributed by atoms with van der Waals surface area (Å²) in [5.41, 5.74) is 1.84. The van der Waals surface area contributed by atoms with Crippen LogP contribution in [0.3, 0.4) is 0 Å². The highest BCUT2D eigenvalue weighted by atomic mass is 16.1. The molecule has 0 atom stereocenters. The van der Waals surface area contributed by atoms with Crippen molar-refractivity contribution in [1.29, 1.82) is 5.26 Å². The molecule has 2 rings (SSSR count). The van der Waals surface area contributed by atoms with E-state index in [1.807, 2.05) is 50.2 Å². The number of aromatic nitrogens is 3. The van der Waals surface area contributed by atoms with Gasteiger partial charge in [0, 0.05) is 6.04 Å². The lowest BCUT2D eigenvalue weighted by Gasteiger charge is -2.05. The summed E-state index contributed by atoms with van der Waals surface area (Å²) in [6, 6.07) is 11.8. The molecule has 24 heavy (non-hydrogen) atoms. The first-order valence-electron chi connectivity index (χ1n) is 7.62. The van der Waals surface area contributed by atoms with Crippen LogP contribution in [0.15, 0.2) is 54.3 Å². The van der Waals surface area contributed by atoms with Crippen molar-refractivity contribution in [2.24, 2.45) is 0 Å². The Morgan fingerprint density at radius 3 is 2.79 bits per heavy atom. The van der Waals surface area contributed by atoms with Crippen molar-refractivity contribution in [3.63, 3.8) is 0 Å². The molecule has 0 aliphatic heterocycles. The highest BCUT2D eigenvalue weighted by Crippen LogP contribution is 2.04. The predicted octanol–water partition coefficient (Wildman–Crippen LogP) is 2.31. The van der Waals surface area contributed by atoms with Crippen LogP contribution < -0.4 is 5.32 Å². The van der Waals surface area contributed by atoms with E-state index < -0.39 is 0 Å². The molecular weight excluding hydrogens is 302 g/mol. The predicted molar refractivity (Wildman–Crippen MR) is 91.6 cm³/mol. The first-order chi connectivity index (χ1) is 11.6. The van der Waals surface area contributed by atoms with Crippen LogP contribution >= 0.6 is 0 Å². The van der Waals surface area contributed by atoms with Crippen molar-refractivity contribution < 1.29 is 4.79 Å². The van der Waals surface area contributed by atoms with Crippen LogP contribution in [-0.4, -0.2) is 26.9 Å². The molecule has 2 aromatic rings. The van der Waals surface area contributed by atoms with Gasteiger partial charge < -0.3 is 5.32 Å². The van der Waals surface area contributed by atoms with Crippen molar-refractivity contribution in [2.45, 2.75) is 26.4 Å². The molecule has 0 aliphatic rings. The number of allylic oxidation sites excluding steroid dienone is 2. The number of nitrogens with zero attached hydrogens (tertiary/aromatic N) is 4. The minimum absolute atomic E-state index is 0.0175. The summed E-state index contributed by atoms with van der Waals surface area (Å²) in [4.78, 5) is 11.8. The fraction of sp³-hybridized carbons (Fsp3) is 0.222. The van der Waals surface area contributed by atoms with Crippen LogP contribution in [0.2, 0.25) is 0 Å². The Hall–Kier alpha value is -3.20. The van der Waals surface area contributed by atoms with Crippen LogP contribution in [0.4, 0.5) is 0 Å². The smallest absolute Gasteiger partial charge is 0.262 e. The molecule has 1 amide bonds. The number of rotatable bonds is 6.